The van der Waals surface area contributed by atoms with Gasteiger partial charge in [0.1, 0.15) is 6.33 Å². The van der Waals surface area contributed by atoms with Gasteiger partial charge in [-0.1, -0.05) is 0 Å². The highest BCUT2D eigenvalue weighted by Crippen LogP contribution is 2.26. The van der Waals surface area contributed by atoms with E-state index in [1.165, 1.54) is 11.1 Å². The van der Waals surface area contributed by atoms with Crippen molar-refractivity contribution >= 4 is 5.97 Å². The van der Waals surface area contributed by atoms with E-state index < -0.39 is 12.1 Å². The summed E-state index contributed by atoms with van der Waals surface area (Å²) in [5.41, 5.74) is 5.70. The number of aryl methyl sites for hydroxylation is 1. The molecule has 0 radical (unpaired) electrons. The largest absolute Gasteiger partial charge is 0.490 e. The van der Waals surface area contributed by atoms with Gasteiger partial charge in [0.25, 0.3) is 0 Å². The third-order valence-electron chi connectivity index (χ3n) is 4.58. The van der Waals surface area contributed by atoms with Crippen molar-refractivity contribution in [3.05, 3.63) is 54.1 Å². The van der Waals surface area contributed by atoms with Crippen LogP contribution in [0.25, 0.3) is 11.3 Å². The maximum atomic E-state index is 10.6. The van der Waals surface area contributed by atoms with Gasteiger partial charge in [0.05, 0.1) is 24.4 Å². The van der Waals surface area contributed by atoms with Crippen LogP contribution in [-0.2, 0) is 31.2 Å². The molecule has 0 aromatic carbocycles. The summed E-state index contributed by atoms with van der Waals surface area (Å²) in [5, 5.41) is 11.4. The number of alkyl halides is 3. The van der Waals surface area contributed by atoms with Crippen LogP contribution in [0.1, 0.15) is 16.8 Å². The van der Waals surface area contributed by atoms with Gasteiger partial charge in [0.2, 0.25) is 0 Å². The number of carboxylic acid groups (broad SMARTS) is 1. The molecule has 0 bridgehead atoms. The molecule has 3 aromatic rings. The van der Waals surface area contributed by atoms with Crippen molar-refractivity contribution in [3.63, 3.8) is 0 Å². The summed E-state index contributed by atoms with van der Waals surface area (Å²) in [4.78, 5) is 20.3. The average molecular weight is 423 g/mol. The number of aromatic nitrogens is 4. The summed E-state index contributed by atoms with van der Waals surface area (Å²) in [6, 6.07) is 1.96. The van der Waals surface area contributed by atoms with Crippen molar-refractivity contribution < 1.29 is 27.5 Å². The molecule has 1 aliphatic rings. The second-order valence-corrected chi connectivity index (χ2v) is 6.76. The van der Waals surface area contributed by atoms with Crippen molar-refractivity contribution in [2.24, 2.45) is 7.05 Å². The Morgan fingerprint density at radius 2 is 2.00 bits per heavy atom. The summed E-state index contributed by atoms with van der Waals surface area (Å²) < 4.78 is 38.8. The first-order valence-corrected chi connectivity index (χ1v) is 9.09. The minimum Gasteiger partial charge on any atom is -0.475 e. The number of carboxylic acids is 1. The van der Waals surface area contributed by atoms with Gasteiger partial charge < -0.3 is 9.52 Å². The van der Waals surface area contributed by atoms with Crippen LogP contribution in [-0.4, -0.2) is 55.0 Å². The lowest BCUT2D eigenvalue weighted by atomic mass is 10.0. The zero-order valence-corrected chi connectivity index (χ0v) is 16.1. The molecular formula is C19H20F3N5O3. The average Bonchev–Trinajstić information content (AvgIpc) is 3.31. The Balaban J connectivity index is 0.000000318. The molecule has 160 valence electrons. The lowest BCUT2D eigenvalue weighted by Crippen LogP contribution is -2.25. The molecule has 8 nitrogen and oxygen atoms in total. The third-order valence-corrected chi connectivity index (χ3v) is 4.58. The van der Waals surface area contributed by atoms with Gasteiger partial charge in [-0.3, -0.25) is 9.58 Å². The molecule has 0 aliphatic carbocycles. The quantitative estimate of drug-likeness (QED) is 0.692. The second-order valence-electron chi connectivity index (χ2n) is 6.76. The van der Waals surface area contributed by atoms with Gasteiger partial charge in [-0.2, -0.15) is 18.3 Å². The number of hydrogen-bond donors (Lipinski definition) is 1. The van der Waals surface area contributed by atoms with E-state index in [1.54, 1.807) is 18.9 Å². The van der Waals surface area contributed by atoms with Crippen molar-refractivity contribution in [2.75, 3.05) is 13.1 Å². The Bertz CT molecular complexity index is 986. The highest BCUT2D eigenvalue weighted by molar-refractivity contribution is 5.73. The number of nitrogens with zero attached hydrogens (tertiary/aromatic N) is 5. The van der Waals surface area contributed by atoms with Gasteiger partial charge in [-0.05, 0) is 12.5 Å². The van der Waals surface area contributed by atoms with E-state index in [1.807, 2.05) is 24.0 Å². The van der Waals surface area contributed by atoms with Gasteiger partial charge in [-0.15, -0.1) is 0 Å². The Hall–Kier alpha value is -3.21. The Morgan fingerprint density at radius 3 is 2.60 bits per heavy atom. The summed E-state index contributed by atoms with van der Waals surface area (Å²) in [6.45, 7) is 2.93. The van der Waals surface area contributed by atoms with Crippen molar-refractivity contribution in [1.29, 1.82) is 0 Å². The molecule has 4 heterocycles. The van der Waals surface area contributed by atoms with Crippen LogP contribution in [0.2, 0.25) is 0 Å². The van der Waals surface area contributed by atoms with Crippen LogP contribution in [0.15, 0.2) is 41.7 Å². The lowest BCUT2D eigenvalue weighted by Gasteiger charge is -2.18. The molecule has 3 aromatic heterocycles. The Kier molecular flexibility index (Phi) is 6.50. The number of carbonyl (C=O) groups is 1. The van der Waals surface area contributed by atoms with Gasteiger partial charge in [0, 0.05) is 61.7 Å². The summed E-state index contributed by atoms with van der Waals surface area (Å²) in [6.07, 6.45) is 5.94. The molecule has 1 aliphatic heterocycles. The van der Waals surface area contributed by atoms with E-state index in [-0.39, 0.29) is 0 Å². The molecule has 0 atom stereocenters. The van der Waals surface area contributed by atoms with Gasteiger partial charge in [0.15, 0.2) is 0 Å². The second kappa shape index (κ2) is 9.08. The van der Waals surface area contributed by atoms with Crippen molar-refractivity contribution in [2.45, 2.75) is 25.6 Å². The first-order chi connectivity index (χ1) is 14.2. The first-order valence-electron chi connectivity index (χ1n) is 9.09. The molecule has 4 rings (SSSR count). The minimum atomic E-state index is -5.08. The zero-order valence-electron chi connectivity index (χ0n) is 16.1. The monoisotopic (exact) mass is 423 g/mol. The predicted molar refractivity (Wildman–Crippen MR) is 99.3 cm³/mol. The highest BCUT2D eigenvalue weighted by Gasteiger charge is 2.38. The normalized spacial score (nSPS) is 14.4. The molecule has 0 unspecified atom stereocenters. The fourth-order valence-electron chi connectivity index (χ4n) is 3.19. The first kappa shape index (κ1) is 21.5. The molecule has 11 heteroatoms. The molecule has 0 spiro atoms. The fourth-order valence-corrected chi connectivity index (χ4v) is 3.19. The smallest absolute Gasteiger partial charge is 0.475 e. The third kappa shape index (κ3) is 5.44. The standard InChI is InChI=1S/C17H19N5O.C2HF3O2/c1-21-9-13(8-20-21)10-22-5-2-15-16(3-6-22)18-12-19-17(15)14-4-7-23-11-14;3-2(4,5)1(6)7/h4,7-9,11-12H,2-3,5-6,10H2,1H3;(H,6,7). The van der Waals surface area contributed by atoms with Crippen LogP contribution >= 0.6 is 0 Å². The maximum absolute atomic E-state index is 10.6. The number of aliphatic carboxylic acids is 1. The van der Waals surface area contributed by atoms with E-state index in [4.69, 9.17) is 14.3 Å². The van der Waals surface area contributed by atoms with E-state index in [0.717, 1.165) is 49.4 Å². The topological polar surface area (TPSA) is 97.3 Å². The van der Waals surface area contributed by atoms with E-state index in [9.17, 15) is 13.2 Å². The van der Waals surface area contributed by atoms with E-state index in [2.05, 4.69) is 26.2 Å². The molecule has 0 saturated carbocycles. The van der Waals surface area contributed by atoms with Crippen LogP contribution in [0.4, 0.5) is 13.2 Å². The van der Waals surface area contributed by atoms with Crippen LogP contribution in [0.5, 0.6) is 0 Å². The number of rotatable bonds is 3. The van der Waals surface area contributed by atoms with E-state index in [0.29, 0.717) is 0 Å². The summed E-state index contributed by atoms with van der Waals surface area (Å²) in [5.74, 6) is -2.76. The number of halogens is 3. The molecule has 0 saturated heterocycles. The lowest BCUT2D eigenvalue weighted by molar-refractivity contribution is -0.192. The van der Waals surface area contributed by atoms with Gasteiger partial charge in [-0.25, -0.2) is 14.8 Å². The maximum Gasteiger partial charge on any atom is 0.490 e. The van der Waals surface area contributed by atoms with Crippen LogP contribution in [0, 0.1) is 0 Å². The molecule has 1 N–H and O–H groups in total. The zero-order chi connectivity index (χ0) is 21.7. The van der Waals surface area contributed by atoms with Crippen LogP contribution < -0.4 is 0 Å². The Labute approximate surface area is 170 Å². The summed E-state index contributed by atoms with van der Waals surface area (Å²) >= 11 is 0. The van der Waals surface area contributed by atoms with Crippen molar-refractivity contribution in [3.8, 4) is 11.3 Å². The predicted octanol–water partition coefficient (Wildman–Crippen LogP) is 2.70. The van der Waals surface area contributed by atoms with Gasteiger partial charge >= 0.3 is 12.1 Å². The number of hydrogen-bond acceptors (Lipinski definition) is 6. The number of furan rings is 1. The Morgan fingerprint density at radius 1 is 1.27 bits per heavy atom. The molecule has 0 fully saturated rings. The van der Waals surface area contributed by atoms with Crippen molar-refractivity contribution in [1.82, 2.24) is 24.6 Å². The number of fused-ring (bicyclic) bond motifs is 1. The highest BCUT2D eigenvalue weighted by atomic mass is 19.4. The van der Waals surface area contributed by atoms with E-state index >= 15 is 0 Å². The van der Waals surface area contributed by atoms with Crippen LogP contribution in [0.3, 0.4) is 0 Å². The molecular weight excluding hydrogens is 403 g/mol. The summed E-state index contributed by atoms with van der Waals surface area (Å²) in [7, 11) is 1.95. The molecule has 0 amide bonds. The SMILES string of the molecule is Cn1cc(CN2CCc3ncnc(-c4ccoc4)c3CC2)cn1.O=C(O)C(F)(F)F. The molecule has 30 heavy (non-hydrogen) atoms. The fraction of sp³-hybridized carbons (Fsp3) is 0.368. The minimum absolute atomic E-state index is 0.927.